The fourth-order valence-electron chi connectivity index (χ4n) is 1.79. The third-order valence-corrected chi connectivity index (χ3v) is 3.90. The Labute approximate surface area is 97.8 Å². The van der Waals surface area contributed by atoms with Crippen molar-refractivity contribution in [3.63, 3.8) is 0 Å². The summed E-state index contributed by atoms with van der Waals surface area (Å²) >= 11 is 1.75. The van der Waals surface area contributed by atoms with Gasteiger partial charge in [-0.05, 0) is 18.8 Å². The fourth-order valence-corrected chi connectivity index (χ4v) is 2.52. The standard InChI is InChI=1S/C12H23NOS/c1-10-6-5-7-13(8-10)11(14)9-15-12(2,3)4/h10H,5-9H2,1-4H3. The molecule has 88 valence electrons. The summed E-state index contributed by atoms with van der Waals surface area (Å²) in [6.45, 7) is 10.6. The third-order valence-electron chi connectivity index (χ3n) is 2.64. The normalized spacial score (nSPS) is 22.9. The largest absolute Gasteiger partial charge is 0.342 e. The van der Waals surface area contributed by atoms with Gasteiger partial charge in [-0.15, -0.1) is 11.8 Å². The lowest BCUT2D eigenvalue weighted by molar-refractivity contribution is -0.130. The first kappa shape index (κ1) is 12.9. The molecule has 0 aromatic rings. The van der Waals surface area contributed by atoms with Gasteiger partial charge in [-0.1, -0.05) is 27.7 Å². The van der Waals surface area contributed by atoms with Crippen LogP contribution in [-0.2, 0) is 4.79 Å². The topological polar surface area (TPSA) is 20.3 Å². The highest BCUT2D eigenvalue weighted by atomic mass is 32.2. The lowest BCUT2D eigenvalue weighted by Gasteiger charge is -2.31. The predicted octanol–water partition coefficient (Wildman–Crippen LogP) is 2.78. The molecule has 0 aromatic carbocycles. The number of hydrogen-bond donors (Lipinski definition) is 0. The molecule has 0 aromatic heterocycles. The Bertz CT molecular complexity index is 222. The summed E-state index contributed by atoms with van der Waals surface area (Å²) < 4.78 is 0.192. The van der Waals surface area contributed by atoms with Crippen molar-refractivity contribution in [3.8, 4) is 0 Å². The number of piperidine rings is 1. The molecule has 1 rings (SSSR count). The van der Waals surface area contributed by atoms with Crippen molar-refractivity contribution >= 4 is 17.7 Å². The number of carbonyl (C=O) groups excluding carboxylic acids is 1. The van der Waals surface area contributed by atoms with E-state index in [0.29, 0.717) is 17.6 Å². The summed E-state index contributed by atoms with van der Waals surface area (Å²) in [5, 5.41) is 0. The number of amides is 1. The minimum atomic E-state index is 0.192. The molecule has 0 N–H and O–H groups in total. The molecule has 0 aliphatic carbocycles. The summed E-state index contributed by atoms with van der Waals surface area (Å²) in [7, 11) is 0. The van der Waals surface area contributed by atoms with Crippen LogP contribution in [0.3, 0.4) is 0 Å². The average Bonchev–Trinajstić information content (AvgIpc) is 2.13. The van der Waals surface area contributed by atoms with Crippen LogP contribution in [0.1, 0.15) is 40.5 Å². The predicted molar refractivity (Wildman–Crippen MR) is 67.2 cm³/mol. The Balaban J connectivity index is 2.33. The van der Waals surface area contributed by atoms with E-state index in [1.807, 2.05) is 4.90 Å². The van der Waals surface area contributed by atoms with Gasteiger partial charge in [0.1, 0.15) is 0 Å². The van der Waals surface area contributed by atoms with Crippen LogP contribution >= 0.6 is 11.8 Å². The summed E-state index contributed by atoms with van der Waals surface area (Å²) in [4.78, 5) is 13.9. The molecule has 1 atom stereocenters. The highest BCUT2D eigenvalue weighted by molar-refractivity contribution is 8.01. The second-order valence-corrected chi connectivity index (χ2v) is 7.29. The molecule has 15 heavy (non-hydrogen) atoms. The van der Waals surface area contributed by atoms with Gasteiger partial charge in [0.15, 0.2) is 0 Å². The lowest BCUT2D eigenvalue weighted by atomic mass is 10.0. The van der Waals surface area contributed by atoms with Gasteiger partial charge in [0.2, 0.25) is 5.91 Å². The Kier molecular flexibility index (Phi) is 4.50. The summed E-state index contributed by atoms with van der Waals surface area (Å²) in [6.07, 6.45) is 2.45. The van der Waals surface area contributed by atoms with Gasteiger partial charge in [-0.25, -0.2) is 0 Å². The molecule has 1 aliphatic heterocycles. The van der Waals surface area contributed by atoms with Gasteiger partial charge in [0.25, 0.3) is 0 Å². The highest BCUT2D eigenvalue weighted by Crippen LogP contribution is 2.24. The second-order valence-electron chi connectivity index (χ2n) is 5.49. The van der Waals surface area contributed by atoms with Crippen molar-refractivity contribution in [2.45, 2.75) is 45.3 Å². The van der Waals surface area contributed by atoms with Crippen LogP contribution in [0, 0.1) is 5.92 Å². The van der Waals surface area contributed by atoms with E-state index in [-0.39, 0.29) is 4.75 Å². The second kappa shape index (κ2) is 5.24. The first-order chi connectivity index (χ1) is 6.88. The fraction of sp³-hybridized carbons (Fsp3) is 0.917. The van der Waals surface area contributed by atoms with Gasteiger partial charge in [0.05, 0.1) is 5.75 Å². The number of thioether (sulfide) groups is 1. The first-order valence-corrected chi connectivity index (χ1v) is 6.79. The maximum atomic E-state index is 11.9. The molecule has 0 spiro atoms. The molecule has 0 radical (unpaired) electrons. The number of rotatable bonds is 2. The Morgan fingerprint density at radius 1 is 1.47 bits per heavy atom. The molecule has 1 unspecified atom stereocenters. The number of nitrogens with zero attached hydrogens (tertiary/aromatic N) is 1. The van der Waals surface area contributed by atoms with Crippen molar-refractivity contribution in [2.24, 2.45) is 5.92 Å². The summed E-state index contributed by atoms with van der Waals surface area (Å²) in [5.41, 5.74) is 0. The van der Waals surface area contributed by atoms with E-state index in [9.17, 15) is 4.79 Å². The van der Waals surface area contributed by atoms with Crippen molar-refractivity contribution < 1.29 is 4.79 Å². The monoisotopic (exact) mass is 229 g/mol. The molecular formula is C12H23NOS. The first-order valence-electron chi connectivity index (χ1n) is 5.80. The van der Waals surface area contributed by atoms with Crippen molar-refractivity contribution in [1.82, 2.24) is 4.90 Å². The molecule has 1 fully saturated rings. The molecule has 3 heteroatoms. The minimum Gasteiger partial charge on any atom is -0.342 e. The van der Waals surface area contributed by atoms with E-state index in [1.165, 1.54) is 12.8 Å². The van der Waals surface area contributed by atoms with Crippen LogP contribution in [0.5, 0.6) is 0 Å². The molecule has 2 nitrogen and oxygen atoms in total. The zero-order chi connectivity index (χ0) is 11.5. The molecule has 1 amide bonds. The van der Waals surface area contributed by atoms with E-state index >= 15 is 0 Å². The molecule has 1 aliphatic rings. The molecule has 1 heterocycles. The lowest BCUT2D eigenvalue weighted by Crippen LogP contribution is -2.40. The van der Waals surface area contributed by atoms with Crippen LogP contribution in [0.15, 0.2) is 0 Å². The van der Waals surface area contributed by atoms with Crippen molar-refractivity contribution in [1.29, 1.82) is 0 Å². The summed E-state index contributed by atoms with van der Waals surface area (Å²) in [5.74, 6) is 1.64. The van der Waals surface area contributed by atoms with Crippen LogP contribution in [0.2, 0.25) is 0 Å². The summed E-state index contributed by atoms with van der Waals surface area (Å²) in [6, 6.07) is 0. The van der Waals surface area contributed by atoms with E-state index in [1.54, 1.807) is 11.8 Å². The highest BCUT2D eigenvalue weighted by Gasteiger charge is 2.22. The van der Waals surface area contributed by atoms with Gasteiger partial charge in [-0.2, -0.15) is 0 Å². The van der Waals surface area contributed by atoms with Crippen LogP contribution in [-0.4, -0.2) is 34.4 Å². The van der Waals surface area contributed by atoms with Crippen molar-refractivity contribution in [2.75, 3.05) is 18.8 Å². The maximum Gasteiger partial charge on any atom is 0.232 e. The Hall–Kier alpha value is -0.180. The quantitative estimate of drug-likeness (QED) is 0.725. The average molecular weight is 229 g/mol. The van der Waals surface area contributed by atoms with Crippen molar-refractivity contribution in [3.05, 3.63) is 0 Å². The number of hydrogen-bond acceptors (Lipinski definition) is 2. The molecule has 0 saturated carbocycles. The molecule has 1 saturated heterocycles. The van der Waals surface area contributed by atoms with Gasteiger partial charge < -0.3 is 4.90 Å². The molecule has 0 bridgehead atoms. The Morgan fingerprint density at radius 2 is 2.13 bits per heavy atom. The van der Waals surface area contributed by atoms with Gasteiger partial charge in [-0.3, -0.25) is 4.79 Å². The minimum absolute atomic E-state index is 0.192. The zero-order valence-electron chi connectivity index (χ0n) is 10.4. The number of likely N-dealkylation sites (tertiary alicyclic amines) is 1. The maximum absolute atomic E-state index is 11.9. The zero-order valence-corrected chi connectivity index (χ0v) is 11.2. The van der Waals surface area contributed by atoms with Gasteiger partial charge >= 0.3 is 0 Å². The van der Waals surface area contributed by atoms with E-state index in [4.69, 9.17) is 0 Å². The van der Waals surface area contributed by atoms with E-state index in [2.05, 4.69) is 27.7 Å². The van der Waals surface area contributed by atoms with Crippen LogP contribution < -0.4 is 0 Å². The van der Waals surface area contributed by atoms with Crippen LogP contribution in [0.4, 0.5) is 0 Å². The third kappa shape index (κ3) is 4.92. The Morgan fingerprint density at radius 3 is 2.67 bits per heavy atom. The smallest absolute Gasteiger partial charge is 0.232 e. The number of carbonyl (C=O) groups is 1. The van der Waals surface area contributed by atoms with E-state index in [0.717, 1.165) is 13.1 Å². The van der Waals surface area contributed by atoms with Gasteiger partial charge in [0, 0.05) is 17.8 Å². The molecular weight excluding hydrogens is 206 g/mol. The van der Waals surface area contributed by atoms with Crippen LogP contribution in [0.25, 0.3) is 0 Å². The van der Waals surface area contributed by atoms with E-state index < -0.39 is 0 Å². The SMILES string of the molecule is CC1CCCN(C(=O)CSC(C)(C)C)C1.